The highest BCUT2D eigenvalue weighted by molar-refractivity contribution is 7.85. The fraction of sp³-hybridized carbons (Fsp3) is 0.143. The zero-order valence-electron chi connectivity index (χ0n) is 7.23. The van der Waals surface area contributed by atoms with Crippen LogP contribution in [0, 0.1) is 6.92 Å². The molecular formula is C7H12N2O3S. The maximum Gasteiger partial charge on any atom is 0.124 e. The van der Waals surface area contributed by atoms with Crippen molar-refractivity contribution in [2.75, 3.05) is 0 Å². The van der Waals surface area contributed by atoms with Gasteiger partial charge < -0.3 is 4.55 Å². The number of hydrogen-bond acceptors (Lipinski definition) is 4. The van der Waals surface area contributed by atoms with Gasteiger partial charge in [-0.25, -0.2) is 8.42 Å². The highest BCUT2D eigenvalue weighted by atomic mass is 32.2. The van der Waals surface area contributed by atoms with Crippen molar-refractivity contribution in [1.29, 1.82) is 0 Å². The van der Waals surface area contributed by atoms with E-state index in [1.54, 1.807) is 12.1 Å². The molecule has 0 aliphatic rings. The van der Waals surface area contributed by atoms with E-state index in [2.05, 4.69) is 11.7 Å². The predicted molar refractivity (Wildman–Crippen MR) is 46.2 cm³/mol. The van der Waals surface area contributed by atoms with Crippen molar-refractivity contribution in [2.45, 2.75) is 11.8 Å². The molecule has 1 aromatic rings. The van der Waals surface area contributed by atoms with Crippen molar-refractivity contribution in [3.05, 3.63) is 29.8 Å². The lowest BCUT2D eigenvalue weighted by molar-refractivity contribution is -0.379. The van der Waals surface area contributed by atoms with Crippen LogP contribution in [-0.2, 0) is 10.1 Å². The van der Waals surface area contributed by atoms with Gasteiger partial charge in [0.25, 0.3) is 0 Å². The zero-order valence-corrected chi connectivity index (χ0v) is 8.04. The summed E-state index contributed by atoms with van der Waals surface area (Å²) in [7, 11) is -4.27. The SMILES string of the molecule is Cc1ccc(S(=O)(=O)[O-])cc1.N[NH3+]. The summed E-state index contributed by atoms with van der Waals surface area (Å²) in [5, 5.41) is 0. The topological polar surface area (TPSA) is 111 Å². The van der Waals surface area contributed by atoms with Crippen LogP contribution < -0.4 is 11.7 Å². The number of aryl methyl sites for hydroxylation is 1. The summed E-state index contributed by atoms with van der Waals surface area (Å²) in [5.41, 5.74) is 0.928. The van der Waals surface area contributed by atoms with Crippen molar-refractivity contribution in [1.82, 2.24) is 0 Å². The molecular weight excluding hydrogens is 192 g/mol. The van der Waals surface area contributed by atoms with Gasteiger partial charge >= 0.3 is 0 Å². The largest absolute Gasteiger partial charge is 0.744 e. The number of hydrogen-bond donors (Lipinski definition) is 2. The van der Waals surface area contributed by atoms with Gasteiger partial charge in [0.15, 0.2) is 0 Å². The Kier molecular flexibility index (Phi) is 4.57. The minimum Gasteiger partial charge on any atom is -0.744 e. The van der Waals surface area contributed by atoms with Gasteiger partial charge in [-0.15, -0.1) is 0 Å². The summed E-state index contributed by atoms with van der Waals surface area (Å²) in [5.74, 6) is 7.00. The first-order chi connectivity index (χ1) is 6.00. The lowest BCUT2D eigenvalue weighted by Gasteiger charge is -2.05. The molecule has 1 aromatic carbocycles. The minimum absolute atomic E-state index is 0.178. The summed E-state index contributed by atoms with van der Waals surface area (Å²) < 4.78 is 31.2. The van der Waals surface area contributed by atoms with E-state index in [1.807, 2.05) is 6.92 Å². The molecule has 0 aliphatic heterocycles. The molecule has 0 bridgehead atoms. The smallest absolute Gasteiger partial charge is 0.124 e. The fourth-order valence-corrected chi connectivity index (χ4v) is 1.17. The lowest BCUT2D eigenvalue weighted by Crippen LogP contribution is -2.59. The summed E-state index contributed by atoms with van der Waals surface area (Å²) in [6.45, 7) is 1.82. The van der Waals surface area contributed by atoms with E-state index in [1.165, 1.54) is 12.1 Å². The van der Waals surface area contributed by atoms with E-state index in [-0.39, 0.29) is 4.90 Å². The molecule has 5 nitrogen and oxygen atoms in total. The van der Waals surface area contributed by atoms with Gasteiger partial charge in [-0.2, -0.15) is 5.84 Å². The highest BCUT2D eigenvalue weighted by Crippen LogP contribution is 2.08. The standard InChI is InChI=1S/C7H8O3S.H4N2/c1-6-2-4-7(5-3-6)11(8,9)10;1-2/h2-5H,1H3,(H,8,9,10);1-2H2. The molecule has 0 atom stereocenters. The second-order valence-corrected chi connectivity index (χ2v) is 3.65. The van der Waals surface area contributed by atoms with Crippen LogP contribution in [0.2, 0.25) is 0 Å². The van der Waals surface area contributed by atoms with Crippen LogP contribution >= 0.6 is 0 Å². The molecule has 0 amide bonds. The molecule has 0 heterocycles. The summed E-state index contributed by atoms with van der Waals surface area (Å²) in [4.78, 5) is -0.178. The first-order valence-corrected chi connectivity index (χ1v) is 4.84. The molecule has 0 saturated carbocycles. The molecule has 6 heteroatoms. The van der Waals surface area contributed by atoms with E-state index in [0.29, 0.717) is 0 Å². The first-order valence-electron chi connectivity index (χ1n) is 3.43. The second kappa shape index (κ2) is 4.93. The molecule has 0 aromatic heterocycles. The Morgan fingerprint density at radius 2 is 1.62 bits per heavy atom. The molecule has 5 N–H and O–H groups in total. The maximum absolute atomic E-state index is 10.4. The fourth-order valence-electron chi connectivity index (χ4n) is 0.705. The van der Waals surface area contributed by atoms with Crippen molar-refractivity contribution < 1.29 is 18.8 Å². The molecule has 13 heavy (non-hydrogen) atoms. The summed E-state index contributed by atoms with van der Waals surface area (Å²) in [6, 6.07) is 5.78. The van der Waals surface area contributed by atoms with Gasteiger partial charge in [0.1, 0.15) is 10.1 Å². The molecule has 0 aliphatic carbocycles. The normalized spacial score (nSPS) is 10.2. The molecule has 0 radical (unpaired) electrons. The Labute approximate surface area is 77.1 Å². The van der Waals surface area contributed by atoms with Gasteiger partial charge in [-0.05, 0) is 19.1 Å². The van der Waals surface area contributed by atoms with Crippen molar-refractivity contribution in [3.8, 4) is 0 Å². The number of nitrogens with two attached hydrogens (primary N) is 1. The monoisotopic (exact) mass is 204 g/mol. The van der Waals surface area contributed by atoms with Crippen LogP contribution in [-0.4, -0.2) is 13.0 Å². The molecule has 0 saturated heterocycles. The second-order valence-electron chi connectivity index (χ2n) is 2.27. The van der Waals surface area contributed by atoms with Crippen LogP contribution in [0.3, 0.4) is 0 Å². The van der Waals surface area contributed by atoms with Crippen LogP contribution in [0.15, 0.2) is 29.2 Å². The third kappa shape index (κ3) is 4.00. The van der Waals surface area contributed by atoms with Crippen LogP contribution in [0.5, 0.6) is 0 Å². The first kappa shape index (κ1) is 12.0. The van der Waals surface area contributed by atoms with Crippen LogP contribution in [0.4, 0.5) is 0 Å². The Balaban J connectivity index is 0.000000671. The molecule has 1 rings (SSSR count). The average molecular weight is 204 g/mol. The molecule has 74 valence electrons. The highest BCUT2D eigenvalue weighted by Gasteiger charge is 1.97. The lowest BCUT2D eigenvalue weighted by atomic mass is 10.2. The van der Waals surface area contributed by atoms with Crippen molar-refractivity contribution in [2.24, 2.45) is 5.84 Å². The molecule has 0 spiro atoms. The van der Waals surface area contributed by atoms with Gasteiger partial charge in [0.2, 0.25) is 0 Å². The van der Waals surface area contributed by atoms with E-state index < -0.39 is 10.1 Å². The van der Waals surface area contributed by atoms with Crippen LogP contribution in [0.25, 0.3) is 0 Å². The number of rotatable bonds is 1. The van der Waals surface area contributed by atoms with Crippen LogP contribution in [0.1, 0.15) is 5.56 Å². The molecule has 0 fully saturated rings. The third-order valence-electron chi connectivity index (χ3n) is 1.31. The zero-order chi connectivity index (χ0) is 10.5. The Morgan fingerprint density at radius 3 is 1.92 bits per heavy atom. The predicted octanol–water partition coefficient (Wildman–Crippen LogP) is -0.999. The maximum atomic E-state index is 10.4. The van der Waals surface area contributed by atoms with Crippen molar-refractivity contribution in [3.63, 3.8) is 0 Å². The third-order valence-corrected chi connectivity index (χ3v) is 2.16. The minimum atomic E-state index is -4.27. The number of benzene rings is 1. The number of quaternary nitrogens is 1. The van der Waals surface area contributed by atoms with Gasteiger partial charge in [-0.3, -0.25) is 5.84 Å². The summed E-state index contributed by atoms with van der Waals surface area (Å²) in [6.07, 6.45) is 0. The van der Waals surface area contributed by atoms with Gasteiger partial charge in [0.05, 0.1) is 4.90 Å². The van der Waals surface area contributed by atoms with E-state index in [0.717, 1.165) is 5.56 Å². The quantitative estimate of drug-likeness (QED) is 0.347. The molecule has 0 unspecified atom stereocenters. The van der Waals surface area contributed by atoms with Gasteiger partial charge in [-0.1, -0.05) is 17.7 Å². The Bertz CT molecular complexity index is 345. The van der Waals surface area contributed by atoms with E-state index >= 15 is 0 Å². The average Bonchev–Trinajstić information content (AvgIpc) is 2.07. The summed E-state index contributed by atoms with van der Waals surface area (Å²) >= 11 is 0. The van der Waals surface area contributed by atoms with E-state index in [9.17, 15) is 13.0 Å². The Hall–Kier alpha value is -0.950. The van der Waals surface area contributed by atoms with E-state index in [4.69, 9.17) is 0 Å². The van der Waals surface area contributed by atoms with Gasteiger partial charge in [0, 0.05) is 0 Å². The Morgan fingerprint density at radius 1 is 1.23 bits per heavy atom. The van der Waals surface area contributed by atoms with Crippen molar-refractivity contribution >= 4 is 10.1 Å².